The molecule has 120 valence electrons. The third-order valence-corrected chi connectivity index (χ3v) is 3.48. The van der Waals surface area contributed by atoms with Crippen LogP contribution in [0.1, 0.15) is 38.5 Å². The highest BCUT2D eigenvalue weighted by Gasteiger charge is 2.16. The van der Waals surface area contributed by atoms with Crippen LogP contribution in [-0.2, 0) is 4.79 Å². The van der Waals surface area contributed by atoms with Crippen molar-refractivity contribution in [3.8, 4) is 0 Å². The number of thiol groups is 1. The number of hydrogen-bond donors (Lipinski definition) is 5. The standard InChI is InChI=1S/C14H32N4OS/c15-7-2-1-5-13(14(19)18-11-12-20)6-3-9-17-10-4-8-16/h13,17,20H,1-12,15-16H2,(H,18,19). The molecule has 0 radical (unpaired) electrons. The summed E-state index contributed by atoms with van der Waals surface area (Å²) in [6.07, 6.45) is 5.90. The average molecular weight is 305 g/mol. The van der Waals surface area contributed by atoms with Gasteiger partial charge in [-0.1, -0.05) is 6.42 Å². The Morgan fingerprint density at radius 1 is 0.950 bits per heavy atom. The van der Waals surface area contributed by atoms with E-state index in [1.807, 2.05) is 0 Å². The van der Waals surface area contributed by atoms with Crippen LogP contribution >= 0.6 is 12.6 Å². The van der Waals surface area contributed by atoms with E-state index in [9.17, 15) is 4.79 Å². The van der Waals surface area contributed by atoms with Crippen molar-refractivity contribution in [2.45, 2.75) is 38.5 Å². The summed E-state index contributed by atoms with van der Waals surface area (Å²) in [6, 6.07) is 0. The van der Waals surface area contributed by atoms with E-state index >= 15 is 0 Å². The summed E-state index contributed by atoms with van der Waals surface area (Å²) in [5.41, 5.74) is 10.9. The van der Waals surface area contributed by atoms with Gasteiger partial charge in [-0.2, -0.15) is 12.6 Å². The lowest BCUT2D eigenvalue weighted by atomic mass is 9.95. The fourth-order valence-corrected chi connectivity index (χ4v) is 2.20. The van der Waals surface area contributed by atoms with Gasteiger partial charge in [0.05, 0.1) is 0 Å². The summed E-state index contributed by atoms with van der Waals surface area (Å²) >= 11 is 4.12. The van der Waals surface area contributed by atoms with Crippen molar-refractivity contribution >= 4 is 18.5 Å². The molecule has 0 bridgehead atoms. The lowest BCUT2D eigenvalue weighted by Gasteiger charge is -2.16. The summed E-state index contributed by atoms with van der Waals surface area (Å²) in [7, 11) is 0. The molecule has 6 heteroatoms. The number of rotatable bonds is 14. The zero-order valence-corrected chi connectivity index (χ0v) is 13.5. The Kier molecular flexibility index (Phi) is 14.9. The Hall–Kier alpha value is -0.300. The second-order valence-electron chi connectivity index (χ2n) is 5.03. The Morgan fingerprint density at radius 2 is 1.60 bits per heavy atom. The molecule has 0 aromatic heterocycles. The quantitative estimate of drug-likeness (QED) is 0.239. The van der Waals surface area contributed by atoms with Gasteiger partial charge in [0.2, 0.25) is 5.91 Å². The Balaban J connectivity index is 3.87. The normalized spacial score (nSPS) is 12.3. The number of amides is 1. The van der Waals surface area contributed by atoms with Crippen molar-refractivity contribution in [3.05, 3.63) is 0 Å². The molecule has 0 fully saturated rings. The minimum atomic E-state index is 0.109. The number of hydrogen-bond acceptors (Lipinski definition) is 5. The largest absolute Gasteiger partial charge is 0.355 e. The number of carbonyl (C=O) groups is 1. The fourth-order valence-electron chi connectivity index (χ4n) is 2.09. The molecule has 0 aliphatic heterocycles. The molecular formula is C14H32N4OS. The Morgan fingerprint density at radius 3 is 2.25 bits per heavy atom. The molecule has 0 spiro atoms. The van der Waals surface area contributed by atoms with Gasteiger partial charge < -0.3 is 22.1 Å². The second-order valence-corrected chi connectivity index (χ2v) is 5.48. The smallest absolute Gasteiger partial charge is 0.223 e. The molecule has 0 aromatic carbocycles. The van der Waals surface area contributed by atoms with Crippen LogP contribution < -0.4 is 22.1 Å². The van der Waals surface area contributed by atoms with Crippen molar-refractivity contribution in [2.75, 3.05) is 38.5 Å². The number of carbonyl (C=O) groups excluding carboxylic acids is 1. The molecular weight excluding hydrogens is 272 g/mol. The molecule has 6 N–H and O–H groups in total. The molecule has 0 aliphatic carbocycles. The van der Waals surface area contributed by atoms with Gasteiger partial charge in [0.15, 0.2) is 0 Å². The van der Waals surface area contributed by atoms with E-state index in [4.69, 9.17) is 11.5 Å². The maximum Gasteiger partial charge on any atom is 0.223 e. The Labute approximate surface area is 129 Å². The van der Waals surface area contributed by atoms with Crippen molar-refractivity contribution in [2.24, 2.45) is 17.4 Å². The van der Waals surface area contributed by atoms with Crippen molar-refractivity contribution in [3.63, 3.8) is 0 Å². The predicted octanol–water partition coefficient (Wildman–Crippen LogP) is 0.496. The summed E-state index contributed by atoms with van der Waals surface area (Å²) in [4.78, 5) is 12.0. The van der Waals surface area contributed by atoms with E-state index in [1.165, 1.54) is 0 Å². The molecule has 1 atom stereocenters. The maximum atomic E-state index is 12.0. The van der Waals surface area contributed by atoms with Crippen LogP contribution in [0.5, 0.6) is 0 Å². The first-order valence-corrected chi connectivity index (χ1v) is 8.39. The third kappa shape index (κ3) is 11.5. The number of nitrogens with one attached hydrogen (secondary N) is 2. The van der Waals surface area contributed by atoms with E-state index in [2.05, 4.69) is 23.3 Å². The zero-order valence-electron chi connectivity index (χ0n) is 12.6. The monoisotopic (exact) mass is 304 g/mol. The van der Waals surface area contributed by atoms with Gasteiger partial charge in [0, 0.05) is 18.2 Å². The van der Waals surface area contributed by atoms with Gasteiger partial charge in [0.25, 0.3) is 0 Å². The average Bonchev–Trinajstić information content (AvgIpc) is 2.46. The van der Waals surface area contributed by atoms with Gasteiger partial charge in [-0.05, 0) is 58.3 Å². The molecule has 0 aliphatic rings. The minimum absolute atomic E-state index is 0.109. The highest BCUT2D eigenvalue weighted by Crippen LogP contribution is 2.15. The molecule has 0 saturated heterocycles. The van der Waals surface area contributed by atoms with Gasteiger partial charge in [-0.3, -0.25) is 4.79 Å². The van der Waals surface area contributed by atoms with E-state index in [-0.39, 0.29) is 11.8 Å². The lowest BCUT2D eigenvalue weighted by molar-refractivity contribution is -0.125. The number of nitrogens with two attached hydrogens (primary N) is 2. The van der Waals surface area contributed by atoms with Crippen molar-refractivity contribution < 1.29 is 4.79 Å². The zero-order chi connectivity index (χ0) is 15.1. The van der Waals surface area contributed by atoms with Crippen LogP contribution in [0, 0.1) is 5.92 Å². The molecule has 5 nitrogen and oxygen atoms in total. The first-order chi connectivity index (χ1) is 9.76. The van der Waals surface area contributed by atoms with Crippen LogP contribution in [0.15, 0.2) is 0 Å². The third-order valence-electron chi connectivity index (χ3n) is 3.25. The lowest BCUT2D eigenvalue weighted by Crippen LogP contribution is -2.32. The van der Waals surface area contributed by atoms with E-state index in [0.29, 0.717) is 18.8 Å². The molecule has 0 heterocycles. The van der Waals surface area contributed by atoms with Gasteiger partial charge >= 0.3 is 0 Å². The van der Waals surface area contributed by atoms with Gasteiger partial charge in [-0.15, -0.1) is 0 Å². The molecule has 0 aromatic rings. The summed E-state index contributed by atoms with van der Waals surface area (Å²) in [5, 5.41) is 6.28. The molecule has 0 saturated carbocycles. The topological polar surface area (TPSA) is 93.2 Å². The first-order valence-electron chi connectivity index (χ1n) is 7.75. The van der Waals surface area contributed by atoms with Crippen molar-refractivity contribution in [1.29, 1.82) is 0 Å². The van der Waals surface area contributed by atoms with Crippen LogP contribution in [0.25, 0.3) is 0 Å². The maximum absolute atomic E-state index is 12.0. The highest BCUT2D eigenvalue weighted by atomic mass is 32.1. The van der Waals surface area contributed by atoms with E-state index in [0.717, 1.165) is 58.2 Å². The van der Waals surface area contributed by atoms with E-state index in [1.54, 1.807) is 0 Å². The summed E-state index contributed by atoms with van der Waals surface area (Å²) in [6.45, 7) is 3.98. The summed E-state index contributed by atoms with van der Waals surface area (Å²) < 4.78 is 0. The molecule has 1 unspecified atom stereocenters. The fraction of sp³-hybridized carbons (Fsp3) is 0.929. The number of unbranched alkanes of at least 4 members (excludes halogenated alkanes) is 1. The van der Waals surface area contributed by atoms with Crippen LogP contribution in [0.4, 0.5) is 0 Å². The van der Waals surface area contributed by atoms with Gasteiger partial charge in [-0.25, -0.2) is 0 Å². The molecule has 1 amide bonds. The predicted molar refractivity (Wildman–Crippen MR) is 89.0 cm³/mol. The van der Waals surface area contributed by atoms with Gasteiger partial charge in [0.1, 0.15) is 0 Å². The Bertz CT molecular complexity index is 229. The minimum Gasteiger partial charge on any atom is -0.355 e. The second kappa shape index (κ2) is 15.1. The van der Waals surface area contributed by atoms with E-state index < -0.39 is 0 Å². The first kappa shape index (κ1) is 19.7. The van der Waals surface area contributed by atoms with Crippen LogP contribution in [-0.4, -0.2) is 44.4 Å². The molecule has 20 heavy (non-hydrogen) atoms. The molecule has 0 rings (SSSR count). The highest BCUT2D eigenvalue weighted by molar-refractivity contribution is 7.80. The van der Waals surface area contributed by atoms with Crippen molar-refractivity contribution in [1.82, 2.24) is 10.6 Å². The van der Waals surface area contributed by atoms with Crippen LogP contribution in [0.3, 0.4) is 0 Å². The van der Waals surface area contributed by atoms with Crippen LogP contribution in [0.2, 0.25) is 0 Å². The summed E-state index contributed by atoms with van der Waals surface area (Å²) in [5.74, 6) is 0.956. The SMILES string of the molecule is NCCCCC(CCCNCCCN)C(=O)NCCS.